The van der Waals surface area contributed by atoms with Crippen LogP contribution in [0.4, 0.5) is 5.82 Å². The van der Waals surface area contributed by atoms with Crippen molar-refractivity contribution in [2.75, 3.05) is 17.3 Å². The van der Waals surface area contributed by atoms with Crippen molar-refractivity contribution in [3.63, 3.8) is 0 Å². The van der Waals surface area contributed by atoms with Crippen LogP contribution < -0.4 is 5.32 Å². The van der Waals surface area contributed by atoms with Gasteiger partial charge >= 0.3 is 0 Å². The first-order valence-corrected chi connectivity index (χ1v) is 6.77. The Morgan fingerprint density at radius 3 is 3.06 bits per heavy atom. The third kappa shape index (κ3) is 4.41. The molecule has 0 radical (unpaired) electrons. The van der Waals surface area contributed by atoms with Gasteiger partial charge in [-0.15, -0.1) is 0 Å². The SMILES string of the molecule is CC(CCS(C)=O)Nc1cc(C#N)ccn1. The molecule has 0 amide bonds. The first-order valence-electron chi connectivity index (χ1n) is 5.04. The maximum Gasteiger partial charge on any atom is 0.127 e. The molecule has 1 aromatic rings. The standard InChI is InChI=1S/C11H15N3OS/c1-9(4-6-16(2)15)14-11-7-10(8-12)3-5-13-11/h3,5,7,9H,4,6H2,1-2H3,(H,13,14). The van der Waals surface area contributed by atoms with Crippen LogP contribution in [0.5, 0.6) is 0 Å². The van der Waals surface area contributed by atoms with Crippen molar-refractivity contribution >= 4 is 16.6 Å². The Morgan fingerprint density at radius 1 is 1.69 bits per heavy atom. The number of nitriles is 1. The van der Waals surface area contributed by atoms with E-state index in [4.69, 9.17) is 5.26 Å². The zero-order valence-electron chi connectivity index (χ0n) is 9.43. The molecule has 86 valence electrons. The van der Waals surface area contributed by atoms with Gasteiger partial charge in [0.25, 0.3) is 0 Å². The molecule has 1 aromatic heterocycles. The lowest BCUT2D eigenvalue weighted by Gasteiger charge is -2.13. The van der Waals surface area contributed by atoms with Crippen LogP contribution in [0.3, 0.4) is 0 Å². The van der Waals surface area contributed by atoms with Gasteiger partial charge in [-0.1, -0.05) is 0 Å². The monoisotopic (exact) mass is 237 g/mol. The van der Waals surface area contributed by atoms with Crippen LogP contribution in [0.15, 0.2) is 18.3 Å². The van der Waals surface area contributed by atoms with Crippen LogP contribution in [0.1, 0.15) is 18.9 Å². The van der Waals surface area contributed by atoms with Crippen LogP contribution in [0.2, 0.25) is 0 Å². The lowest BCUT2D eigenvalue weighted by atomic mass is 10.2. The molecule has 1 N–H and O–H groups in total. The predicted molar refractivity (Wildman–Crippen MR) is 65.6 cm³/mol. The van der Waals surface area contributed by atoms with E-state index in [-0.39, 0.29) is 6.04 Å². The number of rotatable bonds is 5. The summed E-state index contributed by atoms with van der Waals surface area (Å²) in [6.45, 7) is 2.01. The number of pyridine rings is 1. The van der Waals surface area contributed by atoms with E-state index in [1.54, 1.807) is 24.6 Å². The Bertz CT molecular complexity index is 414. The van der Waals surface area contributed by atoms with E-state index in [1.165, 1.54) is 0 Å². The highest BCUT2D eigenvalue weighted by atomic mass is 32.2. The fraction of sp³-hybridized carbons (Fsp3) is 0.455. The van der Waals surface area contributed by atoms with E-state index < -0.39 is 10.8 Å². The van der Waals surface area contributed by atoms with Gasteiger partial charge in [-0.25, -0.2) is 4.98 Å². The lowest BCUT2D eigenvalue weighted by molar-refractivity contribution is 0.678. The Kier molecular flexibility index (Phi) is 4.93. The third-order valence-corrected chi connectivity index (χ3v) is 2.93. The van der Waals surface area contributed by atoms with E-state index in [0.29, 0.717) is 17.1 Å². The molecule has 16 heavy (non-hydrogen) atoms. The van der Waals surface area contributed by atoms with Crippen LogP contribution in [-0.4, -0.2) is 27.2 Å². The molecule has 1 rings (SSSR count). The van der Waals surface area contributed by atoms with Gasteiger partial charge in [0.15, 0.2) is 0 Å². The molecule has 0 fully saturated rings. The van der Waals surface area contributed by atoms with Gasteiger partial charge in [-0.2, -0.15) is 5.26 Å². The summed E-state index contributed by atoms with van der Waals surface area (Å²) in [5, 5.41) is 11.9. The van der Waals surface area contributed by atoms with Crippen molar-refractivity contribution in [1.29, 1.82) is 5.26 Å². The third-order valence-electron chi connectivity index (χ3n) is 2.12. The summed E-state index contributed by atoms with van der Waals surface area (Å²) in [5.41, 5.74) is 0.587. The van der Waals surface area contributed by atoms with Crippen molar-refractivity contribution < 1.29 is 4.21 Å². The van der Waals surface area contributed by atoms with Gasteiger partial charge in [0.1, 0.15) is 5.82 Å². The molecule has 0 bridgehead atoms. The first kappa shape index (κ1) is 12.7. The molecule has 5 heteroatoms. The maximum absolute atomic E-state index is 10.9. The molecule has 0 aliphatic carbocycles. The fourth-order valence-electron chi connectivity index (χ4n) is 1.25. The second kappa shape index (κ2) is 6.23. The summed E-state index contributed by atoms with van der Waals surface area (Å²) in [6, 6.07) is 5.63. The molecule has 0 saturated carbocycles. The minimum atomic E-state index is -0.763. The Labute approximate surface area is 98.2 Å². The summed E-state index contributed by atoms with van der Waals surface area (Å²) >= 11 is 0. The zero-order chi connectivity index (χ0) is 12.0. The number of nitrogens with zero attached hydrogens (tertiary/aromatic N) is 2. The van der Waals surface area contributed by atoms with Crippen molar-refractivity contribution in [2.45, 2.75) is 19.4 Å². The van der Waals surface area contributed by atoms with Gasteiger partial charge in [0, 0.05) is 35.0 Å². The van der Waals surface area contributed by atoms with Gasteiger partial charge in [0.2, 0.25) is 0 Å². The summed E-state index contributed by atoms with van der Waals surface area (Å²) in [6.07, 6.45) is 4.12. The molecule has 4 nitrogen and oxygen atoms in total. The predicted octanol–water partition coefficient (Wildman–Crippen LogP) is 1.52. The molecule has 0 aliphatic rings. The maximum atomic E-state index is 10.9. The van der Waals surface area contributed by atoms with Gasteiger partial charge in [-0.3, -0.25) is 4.21 Å². The number of nitrogens with one attached hydrogen (secondary N) is 1. The molecular formula is C11H15N3OS. The summed E-state index contributed by atoms with van der Waals surface area (Å²) in [4.78, 5) is 4.12. The largest absolute Gasteiger partial charge is 0.368 e. The van der Waals surface area contributed by atoms with Gasteiger partial charge < -0.3 is 5.32 Å². The Morgan fingerprint density at radius 2 is 2.44 bits per heavy atom. The van der Waals surface area contributed by atoms with Crippen LogP contribution in [0, 0.1) is 11.3 Å². The highest BCUT2D eigenvalue weighted by Crippen LogP contribution is 2.08. The quantitative estimate of drug-likeness (QED) is 0.843. The molecule has 0 aliphatic heterocycles. The molecule has 2 unspecified atom stereocenters. The smallest absolute Gasteiger partial charge is 0.127 e. The van der Waals surface area contributed by atoms with Crippen molar-refractivity contribution in [3.8, 4) is 6.07 Å². The Hall–Kier alpha value is -1.41. The fourth-order valence-corrected chi connectivity index (χ4v) is 1.93. The highest BCUT2D eigenvalue weighted by Gasteiger charge is 2.04. The average molecular weight is 237 g/mol. The van der Waals surface area contributed by atoms with E-state index in [0.717, 1.165) is 6.42 Å². The molecule has 2 atom stereocenters. The summed E-state index contributed by atoms with van der Waals surface area (Å²) in [5.74, 6) is 1.36. The number of hydrogen-bond donors (Lipinski definition) is 1. The summed E-state index contributed by atoms with van der Waals surface area (Å²) < 4.78 is 10.9. The second-order valence-corrected chi connectivity index (χ2v) is 5.21. The second-order valence-electron chi connectivity index (χ2n) is 3.65. The molecule has 1 heterocycles. The molecule has 0 spiro atoms. The molecule has 0 saturated heterocycles. The number of hydrogen-bond acceptors (Lipinski definition) is 4. The minimum Gasteiger partial charge on any atom is -0.368 e. The molecular weight excluding hydrogens is 222 g/mol. The van der Waals surface area contributed by atoms with Gasteiger partial charge in [0.05, 0.1) is 11.6 Å². The topological polar surface area (TPSA) is 65.8 Å². The Balaban J connectivity index is 2.52. The number of anilines is 1. The first-order chi connectivity index (χ1) is 7.61. The van der Waals surface area contributed by atoms with Crippen LogP contribution in [-0.2, 0) is 10.8 Å². The van der Waals surface area contributed by atoms with Crippen molar-refractivity contribution in [1.82, 2.24) is 4.98 Å². The average Bonchev–Trinajstić information content (AvgIpc) is 2.26. The van der Waals surface area contributed by atoms with Crippen LogP contribution >= 0.6 is 0 Å². The lowest BCUT2D eigenvalue weighted by Crippen LogP contribution is -2.18. The van der Waals surface area contributed by atoms with Crippen molar-refractivity contribution in [3.05, 3.63) is 23.9 Å². The summed E-state index contributed by atoms with van der Waals surface area (Å²) in [7, 11) is -0.763. The van der Waals surface area contributed by atoms with E-state index >= 15 is 0 Å². The molecule has 0 aromatic carbocycles. The van der Waals surface area contributed by atoms with Gasteiger partial charge in [-0.05, 0) is 25.5 Å². The zero-order valence-corrected chi connectivity index (χ0v) is 10.3. The van der Waals surface area contributed by atoms with Crippen LogP contribution in [0.25, 0.3) is 0 Å². The number of aromatic nitrogens is 1. The van der Waals surface area contributed by atoms with E-state index in [9.17, 15) is 4.21 Å². The highest BCUT2D eigenvalue weighted by molar-refractivity contribution is 7.84. The minimum absolute atomic E-state index is 0.199. The van der Waals surface area contributed by atoms with E-state index in [2.05, 4.69) is 16.4 Å². The normalized spacial score (nSPS) is 13.8. The van der Waals surface area contributed by atoms with Crippen molar-refractivity contribution in [2.24, 2.45) is 0 Å². The van der Waals surface area contributed by atoms with E-state index in [1.807, 2.05) is 6.92 Å².